The summed E-state index contributed by atoms with van der Waals surface area (Å²) in [6.07, 6.45) is 5.53. The normalized spacial score (nSPS) is 10.9. The molecule has 0 aliphatic rings. The zero-order chi connectivity index (χ0) is 11.8. The fraction of sp³-hybridized carbons (Fsp3) is 0.0769. The van der Waals surface area contributed by atoms with Gasteiger partial charge in [-0.2, -0.15) is 0 Å². The Bertz CT molecular complexity index is 670. The number of fused-ring (bicyclic) bond motifs is 1. The van der Waals surface area contributed by atoms with Gasteiger partial charge in [0.1, 0.15) is 5.65 Å². The second kappa shape index (κ2) is 3.59. The van der Waals surface area contributed by atoms with E-state index in [0.29, 0.717) is 0 Å². The van der Waals surface area contributed by atoms with Crippen LogP contribution >= 0.6 is 0 Å². The molecule has 0 unspecified atom stereocenters. The van der Waals surface area contributed by atoms with E-state index in [1.54, 1.807) is 12.4 Å². The first-order valence-electron chi connectivity index (χ1n) is 5.40. The Hall–Kier alpha value is -2.36. The Morgan fingerprint density at radius 3 is 2.65 bits per heavy atom. The van der Waals surface area contributed by atoms with Crippen LogP contribution in [0.1, 0.15) is 5.69 Å². The summed E-state index contributed by atoms with van der Waals surface area (Å²) in [7, 11) is 0. The van der Waals surface area contributed by atoms with Crippen LogP contribution < -0.4 is 5.73 Å². The van der Waals surface area contributed by atoms with Gasteiger partial charge in [0.15, 0.2) is 0 Å². The molecule has 0 atom stereocenters. The first-order valence-corrected chi connectivity index (χ1v) is 5.40. The van der Waals surface area contributed by atoms with Crippen molar-refractivity contribution in [2.45, 2.75) is 6.92 Å². The molecule has 0 aromatic carbocycles. The van der Waals surface area contributed by atoms with Crippen molar-refractivity contribution < 1.29 is 0 Å². The lowest BCUT2D eigenvalue weighted by molar-refractivity contribution is 1.10. The Morgan fingerprint density at radius 2 is 1.88 bits per heavy atom. The lowest BCUT2D eigenvalue weighted by Crippen LogP contribution is -1.96. The van der Waals surface area contributed by atoms with Gasteiger partial charge in [-0.25, -0.2) is 4.98 Å². The molecule has 3 rings (SSSR count). The molecule has 3 aromatic heterocycles. The van der Waals surface area contributed by atoms with E-state index in [1.165, 1.54) is 0 Å². The van der Waals surface area contributed by atoms with Crippen LogP contribution in [-0.2, 0) is 0 Å². The van der Waals surface area contributed by atoms with E-state index in [1.807, 2.05) is 41.8 Å². The van der Waals surface area contributed by atoms with Crippen molar-refractivity contribution in [2.75, 3.05) is 5.73 Å². The monoisotopic (exact) mass is 224 g/mol. The van der Waals surface area contributed by atoms with Crippen LogP contribution in [0.4, 0.5) is 5.69 Å². The Kier molecular flexibility index (Phi) is 2.08. The summed E-state index contributed by atoms with van der Waals surface area (Å²) < 4.78 is 2.01. The standard InChI is InChI=1S/C13H12N4/c1-9-11(14)2-3-13-16-12(8-17(9)13)10-4-6-15-7-5-10/h2-8H,14H2,1H3. The van der Waals surface area contributed by atoms with Gasteiger partial charge in [-0.05, 0) is 31.2 Å². The third-order valence-corrected chi connectivity index (χ3v) is 2.90. The predicted molar refractivity (Wildman–Crippen MR) is 67.6 cm³/mol. The Morgan fingerprint density at radius 1 is 1.12 bits per heavy atom. The van der Waals surface area contributed by atoms with Crippen molar-refractivity contribution in [3.63, 3.8) is 0 Å². The number of aryl methyl sites for hydroxylation is 1. The van der Waals surface area contributed by atoms with E-state index < -0.39 is 0 Å². The van der Waals surface area contributed by atoms with Crippen LogP contribution in [0.15, 0.2) is 42.9 Å². The number of aromatic nitrogens is 3. The van der Waals surface area contributed by atoms with Crippen molar-refractivity contribution in [1.29, 1.82) is 0 Å². The fourth-order valence-corrected chi connectivity index (χ4v) is 1.87. The molecule has 4 heteroatoms. The fourth-order valence-electron chi connectivity index (χ4n) is 1.87. The largest absolute Gasteiger partial charge is 0.397 e. The van der Waals surface area contributed by atoms with Crippen molar-refractivity contribution in [1.82, 2.24) is 14.4 Å². The van der Waals surface area contributed by atoms with Crippen LogP contribution in [0.5, 0.6) is 0 Å². The zero-order valence-corrected chi connectivity index (χ0v) is 9.46. The molecule has 84 valence electrons. The summed E-state index contributed by atoms with van der Waals surface area (Å²) in [4.78, 5) is 8.57. The smallest absolute Gasteiger partial charge is 0.137 e. The van der Waals surface area contributed by atoms with Crippen molar-refractivity contribution in [3.05, 3.63) is 48.5 Å². The Balaban J connectivity index is 2.24. The van der Waals surface area contributed by atoms with Gasteiger partial charge >= 0.3 is 0 Å². The van der Waals surface area contributed by atoms with Crippen LogP contribution in [0.3, 0.4) is 0 Å². The molecule has 2 N–H and O–H groups in total. The average molecular weight is 224 g/mol. The molecular weight excluding hydrogens is 212 g/mol. The lowest BCUT2D eigenvalue weighted by Gasteiger charge is -2.01. The highest BCUT2D eigenvalue weighted by Gasteiger charge is 2.06. The predicted octanol–water partition coefficient (Wildman–Crippen LogP) is 2.29. The maximum absolute atomic E-state index is 5.88. The van der Waals surface area contributed by atoms with Gasteiger partial charge < -0.3 is 10.1 Å². The van der Waals surface area contributed by atoms with Gasteiger partial charge in [0.05, 0.1) is 11.4 Å². The highest BCUT2D eigenvalue weighted by atomic mass is 15.0. The topological polar surface area (TPSA) is 56.2 Å². The minimum atomic E-state index is 0.774. The van der Waals surface area contributed by atoms with E-state index in [4.69, 9.17) is 5.73 Å². The van der Waals surface area contributed by atoms with E-state index in [9.17, 15) is 0 Å². The molecule has 0 amide bonds. The molecule has 3 heterocycles. The number of anilines is 1. The highest BCUT2D eigenvalue weighted by molar-refractivity contribution is 5.64. The number of pyridine rings is 2. The van der Waals surface area contributed by atoms with Crippen molar-refractivity contribution in [3.8, 4) is 11.3 Å². The van der Waals surface area contributed by atoms with Crippen LogP contribution in [0.25, 0.3) is 16.9 Å². The first kappa shape index (κ1) is 9.84. The number of nitrogens with zero attached hydrogens (tertiary/aromatic N) is 3. The average Bonchev–Trinajstić information content (AvgIpc) is 2.80. The molecule has 0 fully saturated rings. The van der Waals surface area contributed by atoms with Gasteiger partial charge in [-0.15, -0.1) is 0 Å². The van der Waals surface area contributed by atoms with Crippen molar-refractivity contribution in [2.24, 2.45) is 0 Å². The number of rotatable bonds is 1. The van der Waals surface area contributed by atoms with Gasteiger partial charge in [-0.3, -0.25) is 4.98 Å². The molecule has 0 aliphatic heterocycles. The summed E-state index contributed by atoms with van der Waals surface area (Å²) >= 11 is 0. The van der Waals surface area contributed by atoms with Gasteiger partial charge in [0.2, 0.25) is 0 Å². The van der Waals surface area contributed by atoms with Crippen LogP contribution in [-0.4, -0.2) is 14.4 Å². The molecular formula is C13H12N4. The quantitative estimate of drug-likeness (QED) is 0.690. The van der Waals surface area contributed by atoms with E-state index in [2.05, 4.69) is 9.97 Å². The summed E-state index contributed by atoms with van der Waals surface area (Å²) in [5, 5.41) is 0. The van der Waals surface area contributed by atoms with Gasteiger partial charge in [-0.1, -0.05) is 0 Å². The van der Waals surface area contributed by atoms with E-state index >= 15 is 0 Å². The number of nitrogens with two attached hydrogens (primary N) is 1. The first-order chi connectivity index (χ1) is 8.25. The molecule has 0 bridgehead atoms. The molecule has 0 spiro atoms. The summed E-state index contributed by atoms with van der Waals surface area (Å²) in [5.41, 5.74) is 10.6. The minimum absolute atomic E-state index is 0.774. The lowest BCUT2D eigenvalue weighted by atomic mass is 10.2. The maximum atomic E-state index is 5.88. The second-order valence-corrected chi connectivity index (χ2v) is 3.96. The molecule has 0 saturated carbocycles. The third-order valence-electron chi connectivity index (χ3n) is 2.90. The number of imidazole rings is 1. The summed E-state index contributed by atoms with van der Waals surface area (Å²) in [6.45, 7) is 1.99. The zero-order valence-electron chi connectivity index (χ0n) is 9.46. The number of nitrogen functional groups attached to an aromatic ring is 1. The summed E-state index contributed by atoms with van der Waals surface area (Å²) in [6, 6.07) is 7.70. The number of hydrogen-bond donors (Lipinski definition) is 1. The number of hydrogen-bond acceptors (Lipinski definition) is 3. The SMILES string of the molecule is Cc1c(N)ccc2nc(-c3ccncc3)cn12. The van der Waals surface area contributed by atoms with E-state index in [-0.39, 0.29) is 0 Å². The van der Waals surface area contributed by atoms with E-state index in [0.717, 1.165) is 28.3 Å². The van der Waals surface area contributed by atoms with Gasteiger partial charge in [0, 0.05) is 29.8 Å². The molecule has 0 saturated heterocycles. The van der Waals surface area contributed by atoms with Crippen LogP contribution in [0.2, 0.25) is 0 Å². The van der Waals surface area contributed by atoms with Crippen molar-refractivity contribution >= 4 is 11.3 Å². The molecule has 4 nitrogen and oxygen atoms in total. The van der Waals surface area contributed by atoms with Gasteiger partial charge in [0.25, 0.3) is 0 Å². The molecule has 3 aromatic rings. The molecule has 0 radical (unpaired) electrons. The Labute approximate surface area is 98.8 Å². The third kappa shape index (κ3) is 1.54. The highest BCUT2D eigenvalue weighted by Crippen LogP contribution is 2.21. The second-order valence-electron chi connectivity index (χ2n) is 3.96. The maximum Gasteiger partial charge on any atom is 0.137 e. The van der Waals surface area contributed by atoms with Crippen LogP contribution in [0, 0.1) is 6.92 Å². The molecule has 0 aliphatic carbocycles. The molecule has 17 heavy (non-hydrogen) atoms. The summed E-state index contributed by atoms with van der Waals surface area (Å²) in [5.74, 6) is 0. The minimum Gasteiger partial charge on any atom is -0.397 e.